The van der Waals surface area contributed by atoms with Gasteiger partial charge in [-0.25, -0.2) is 0 Å². The Labute approximate surface area is 196 Å². The Balaban J connectivity index is 1.41. The fourth-order valence-electron chi connectivity index (χ4n) is 4.60. The lowest BCUT2D eigenvalue weighted by atomic mass is 10.0. The molecule has 0 aromatic heterocycles. The summed E-state index contributed by atoms with van der Waals surface area (Å²) in [5.74, 6) is 2.04. The molecule has 3 aliphatic rings. The molecule has 4 heteroatoms. The van der Waals surface area contributed by atoms with Gasteiger partial charge in [0.1, 0.15) is 28.7 Å². The molecule has 3 aromatic rings. The number of methoxy groups -OCH3 is 1. The SMILES string of the molecule is COc1ccc(-c2cc(/C=C/C=C3/[NH2+]c4cccc5cccc3c45)c3ccc(=O)cc-3o2)cc1. The summed E-state index contributed by atoms with van der Waals surface area (Å²) in [6, 6.07) is 27.5. The number of allylic oxidation sites excluding steroid dienone is 2. The van der Waals surface area contributed by atoms with E-state index in [2.05, 4.69) is 59.9 Å². The largest absolute Gasteiger partial charge is 0.497 e. The molecule has 0 spiro atoms. The Bertz CT molecular complexity index is 1620. The zero-order valence-electron chi connectivity index (χ0n) is 18.6. The zero-order valence-corrected chi connectivity index (χ0v) is 18.6. The van der Waals surface area contributed by atoms with Crippen molar-refractivity contribution in [2.75, 3.05) is 7.11 Å². The van der Waals surface area contributed by atoms with Crippen molar-refractivity contribution < 1.29 is 14.5 Å². The van der Waals surface area contributed by atoms with Gasteiger partial charge < -0.3 is 9.15 Å². The second kappa shape index (κ2) is 8.18. The van der Waals surface area contributed by atoms with E-state index in [4.69, 9.17) is 9.15 Å². The third-order valence-corrected chi connectivity index (χ3v) is 6.26. The van der Waals surface area contributed by atoms with E-state index in [1.165, 1.54) is 27.7 Å². The van der Waals surface area contributed by atoms with Gasteiger partial charge in [-0.3, -0.25) is 10.1 Å². The molecule has 0 amide bonds. The van der Waals surface area contributed by atoms with E-state index in [1.807, 2.05) is 36.4 Å². The Morgan fingerprint density at radius 3 is 2.50 bits per heavy atom. The quantitative estimate of drug-likeness (QED) is 0.355. The molecular formula is C30H22NO3+. The van der Waals surface area contributed by atoms with E-state index in [9.17, 15) is 4.79 Å². The Morgan fingerprint density at radius 2 is 1.68 bits per heavy atom. The summed E-state index contributed by atoms with van der Waals surface area (Å²) < 4.78 is 11.4. The smallest absolute Gasteiger partial charge is 0.182 e. The Morgan fingerprint density at radius 1 is 0.853 bits per heavy atom. The topological polar surface area (TPSA) is 56.0 Å². The molecule has 34 heavy (non-hydrogen) atoms. The highest BCUT2D eigenvalue weighted by molar-refractivity contribution is 6.02. The van der Waals surface area contributed by atoms with Crippen molar-refractivity contribution in [1.82, 2.24) is 0 Å². The maximum Gasteiger partial charge on any atom is 0.182 e. The third kappa shape index (κ3) is 3.51. The zero-order chi connectivity index (χ0) is 23.1. The molecule has 0 radical (unpaired) electrons. The Hall–Kier alpha value is -4.41. The predicted octanol–water partition coefficient (Wildman–Crippen LogP) is 5.84. The van der Waals surface area contributed by atoms with E-state index in [0.29, 0.717) is 11.5 Å². The second-order valence-corrected chi connectivity index (χ2v) is 8.33. The van der Waals surface area contributed by atoms with Gasteiger partial charge >= 0.3 is 0 Å². The van der Waals surface area contributed by atoms with Crippen LogP contribution in [0.1, 0.15) is 11.1 Å². The summed E-state index contributed by atoms with van der Waals surface area (Å²) in [6.07, 6.45) is 6.27. The molecule has 2 N–H and O–H groups in total. The monoisotopic (exact) mass is 444 g/mol. The molecule has 4 nitrogen and oxygen atoms in total. The number of fused-ring (bicyclic) bond motifs is 1. The molecule has 0 atom stereocenters. The number of rotatable bonds is 4. The molecule has 3 aromatic carbocycles. The number of hydrogen-bond donors (Lipinski definition) is 1. The minimum Gasteiger partial charge on any atom is -0.497 e. The fraction of sp³-hybridized carbons (Fsp3) is 0.0333. The molecule has 2 heterocycles. The number of ether oxygens (including phenoxy) is 1. The maximum absolute atomic E-state index is 12.0. The van der Waals surface area contributed by atoms with Gasteiger partial charge in [-0.15, -0.1) is 0 Å². The van der Waals surface area contributed by atoms with Gasteiger partial charge in [0.25, 0.3) is 0 Å². The summed E-state index contributed by atoms with van der Waals surface area (Å²) in [6.45, 7) is 0. The molecule has 0 bridgehead atoms. The minimum atomic E-state index is -0.0772. The van der Waals surface area contributed by atoms with Crippen molar-refractivity contribution in [1.29, 1.82) is 0 Å². The molecule has 6 rings (SSSR count). The average molecular weight is 445 g/mol. The molecule has 0 unspecified atom stereocenters. The molecule has 164 valence electrons. The van der Waals surface area contributed by atoms with Crippen molar-refractivity contribution in [2.24, 2.45) is 0 Å². The fourth-order valence-corrected chi connectivity index (χ4v) is 4.60. The predicted molar refractivity (Wildman–Crippen MR) is 136 cm³/mol. The van der Waals surface area contributed by atoms with Crippen LogP contribution in [0.5, 0.6) is 5.75 Å². The van der Waals surface area contributed by atoms with Crippen molar-refractivity contribution in [3.8, 4) is 28.4 Å². The standard InChI is InChI=1S/C30H21NO3/c1-33-23-14-11-19(12-15-23)28-17-21(24-16-13-22(32)18-29(24)34-28)7-4-9-26-25-8-2-5-20-6-3-10-27(31-26)30(20)25/h2-18,31H,1H3/p+1/b7-4+,26-9+. The lowest BCUT2D eigenvalue weighted by Crippen LogP contribution is -2.72. The number of benzene rings is 4. The summed E-state index contributed by atoms with van der Waals surface area (Å²) in [5, 5.41) is 4.79. The van der Waals surface area contributed by atoms with Gasteiger partial charge in [0.2, 0.25) is 0 Å². The van der Waals surface area contributed by atoms with Crippen LogP contribution in [0.25, 0.3) is 45.2 Å². The van der Waals surface area contributed by atoms with Crippen molar-refractivity contribution in [3.05, 3.63) is 118 Å². The molecule has 1 aliphatic carbocycles. The van der Waals surface area contributed by atoms with Crippen LogP contribution >= 0.6 is 0 Å². The van der Waals surface area contributed by atoms with Crippen LogP contribution in [-0.4, -0.2) is 7.11 Å². The van der Waals surface area contributed by atoms with Crippen molar-refractivity contribution >= 4 is 28.2 Å². The van der Waals surface area contributed by atoms with E-state index in [0.717, 1.165) is 22.4 Å². The van der Waals surface area contributed by atoms with Gasteiger partial charge in [-0.05, 0) is 59.5 Å². The number of nitrogens with two attached hydrogens (primary N) is 1. The minimum absolute atomic E-state index is 0.0772. The van der Waals surface area contributed by atoms with Crippen LogP contribution in [0, 0.1) is 0 Å². The van der Waals surface area contributed by atoms with Crippen LogP contribution in [0.15, 0.2) is 106 Å². The highest BCUT2D eigenvalue weighted by Gasteiger charge is 2.22. The van der Waals surface area contributed by atoms with Crippen LogP contribution in [0.4, 0.5) is 5.69 Å². The first kappa shape index (κ1) is 20.2. The lowest BCUT2D eigenvalue weighted by Gasteiger charge is -2.12. The third-order valence-electron chi connectivity index (χ3n) is 6.26. The molecule has 0 fully saturated rings. The summed E-state index contributed by atoms with van der Waals surface area (Å²) in [4.78, 5) is 12.0. The first-order valence-electron chi connectivity index (χ1n) is 11.2. The van der Waals surface area contributed by atoms with Crippen molar-refractivity contribution in [2.45, 2.75) is 0 Å². The lowest BCUT2D eigenvalue weighted by molar-refractivity contribution is -0.463. The van der Waals surface area contributed by atoms with Gasteiger partial charge in [-0.1, -0.05) is 36.4 Å². The highest BCUT2D eigenvalue weighted by Crippen LogP contribution is 2.34. The highest BCUT2D eigenvalue weighted by atomic mass is 16.5. The number of hydrogen-bond acceptors (Lipinski definition) is 3. The number of quaternary nitrogens is 1. The maximum atomic E-state index is 12.0. The van der Waals surface area contributed by atoms with Crippen LogP contribution in [-0.2, 0) is 0 Å². The summed E-state index contributed by atoms with van der Waals surface area (Å²) in [7, 11) is 1.64. The Kier molecular flexibility index (Phi) is 4.86. The van der Waals surface area contributed by atoms with Gasteiger partial charge in [0, 0.05) is 34.9 Å². The first-order valence-corrected chi connectivity index (χ1v) is 11.2. The van der Waals surface area contributed by atoms with Crippen LogP contribution in [0.3, 0.4) is 0 Å². The van der Waals surface area contributed by atoms with E-state index in [1.54, 1.807) is 19.2 Å². The van der Waals surface area contributed by atoms with E-state index < -0.39 is 0 Å². The van der Waals surface area contributed by atoms with Gasteiger partial charge in [0.05, 0.1) is 12.5 Å². The molecule has 0 saturated carbocycles. The molecular weight excluding hydrogens is 422 g/mol. The van der Waals surface area contributed by atoms with Crippen molar-refractivity contribution in [3.63, 3.8) is 0 Å². The normalized spacial score (nSPS) is 14.0. The summed E-state index contributed by atoms with van der Waals surface area (Å²) >= 11 is 0. The van der Waals surface area contributed by atoms with Crippen LogP contribution < -0.4 is 15.5 Å². The molecule has 0 saturated heterocycles. The first-order chi connectivity index (χ1) is 16.7. The van der Waals surface area contributed by atoms with E-state index in [-0.39, 0.29) is 5.43 Å². The van der Waals surface area contributed by atoms with Crippen LogP contribution in [0.2, 0.25) is 0 Å². The second-order valence-electron chi connectivity index (χ2n) is 8.33. The van der Waals surface area contributed by atoms with Gasteiger partial charge in [-0.2, -0.15) is 0 Å². The average Bonchev–Trinajstić information content (AvgIpc) is 3.23. The summed E-state index contributed by atoms with van der Waals surface area (Å²) in [5.41, 5.74) is 6.40. The van der Waals surface area contributed by atoms with E-state index >= 15 is 0 Å². The van der Waals surface area contributed by atoms with Gasteiger partial charge in [0.15, 0.2) is 5.43 Å². The molecule has 2 aliphatic heterocycles.